The minimum atomic E-state index is -0.299. The van der Waals surface area contributed by atoms with E-state index in [1.807, 2.05) is 25.3 Å². The Morgan fingerprint density at radius 3 is 2.29 bits per heavy atom. The number of halogens is 3. The van der Waals surface area contributed by atoms with Gasteiger partial charge in [0.1, 0.15) is 0 Å². The van der Waals surface area contributed by atoms with Crippen LogP contribution in [0.2, 0.25) is 5.02 Å². The van der Waals surface area contributed by atoms with Gasteiger partial charge in [0.05, 0.1) is 21.5 Å². The molecule has 0 radical (unpaired) electrons. The zero-order chi connectivity index (χ0) is 15.4. The van der Waals surface area contributed by atoms with Crippen molar-refractivity contribution in [3.05, 3.63) is 42.6 Å². The molecule has 21 heavy (non-hydrogen) atoms. The smallest absolute Gasteiger partial charge is 0.162 e. The summed E-state index contributed by atoms with van der Waals surface area (Å²) in [4.78, 5) is 0. The highest BCUT2D eigenvalue weighted by Gasteiger charge is 2.19. The average molecular weight is 457 g/mol. The first-order chi connectivity index (χ1) is 10.1. The topological polar surface area (TPSA) is 18.5 Å². The number of alkyl halides is 1. The predicted molar refractivity (Wildman–Crippen MR) is 98.5 cm³/mol. The second kappa shape index (κ2) is 7.90. The molecule has 1 heterocycles. The van der Waals surface area contributed by atoms with Crippen molar-refractivity contribution in [3.63, 3.8) is 0 Å². The van der Waals surface area contributed by atoms with Crippen molar-refractivity contribution in [1.82, 2.24) is 0 Å². The summed E-state index contributed by atoms with van der Waals surface area (Å²) >= 11 is 16.9. The summed E-state index contributed by atoms with van der Waals surface area (Å²) in [5, 5.41) is 2.34. The second-order valence-electron chi connectivity index (χ2n) is 4.23. The Labute approximate surface area is 152 Å². The van der Waals surface area contributed by atoms with Crippen molar-refractivity contribution >= 4 is 57.1 Å². The van der Waals surface area contributed by atoms with Crippen molar-refractivity contribution in [2.24, 2.45) is 0 Å². The molecular weight excluding hydrogens is 442 g/mol. The molecule has 0 fully saturated rings. The lowest BCUT2D eigenvalue weighted by molar-refractivity contribution is 0.287. The molecule has 0 N–H and O–H groups in total. The summed E-state index contributed by atoms with van der Waals surface area (Å²) in [5.74, 6) is 1.33. The van der Waals surface area contributed by atoms with Crippen LogP contribution in [0.4, 0.5) is 0 Å². The molecule has 0 aliphatic heterocycles. The van der Waals surface area contributed by atoms with E-state index >= 15 is 0 Å². The van der Waals surface area contributed by atoms with Crippen LogP contribution in [0.15, 0.2) is 23.6 Å². The maximum Gasteiger partial charge on any atom is 0.162 e. The molecule has 2 nitrogen and oxygen atoms in total. The van der Waals surface area contributed by atoms with E-state index in [-0.39, 0.29) is 5.38 Å². The summed E-state index contributed by atoms with van der Waals surface area (Å²) < 4.78 is 12.4. The number of rotatable bonds is 6. The molecule has 0 bridgehead atoms. The van der Waals surface area contributed by atoms with Crippen LogP contribution in [0, 0.1) is 2.88 Å². The van der Waals surface area contributed by atoms with Crippen LogP contribution < -0.4 is 9.47 Å². The molecule has 1 aromatic carbocycles. The van der Waals surface area contributed by atoms with E-state index in [0.29, 0.717) is 29.7 Å². The minimum absolute atomic E-state index is 0.299. The van der Waals surface area contributed by atoms with Crippen molar-refractivity contribution in [1.29, 1.82) is 0 Å². The van der Waals surface area contributed by atoms with Crippen molar-refractivity contribution in [2.75, 3.05) is 13.2 Å². The van der Waals surface area contributed by atoms with E-state index in [9.17, 15) is 0 Å². The number of hydrogen-bond acceptors (Lipinski definition) is 3. The Hall–Kier alpha value is -0.170. The van der Waals surface area contributed by atoms with Gasteiger partial charge >= 0.3 is 0 Å². The molecule has 6 heteroatoms. The lowest BCUT2D eigenvalue weighted by atomic mass is 10.1. The molecule has 2 aromatic rings. The fourth-order valence-corrected chi connectivity index (χ4v) is 4.02. The van der Waals surface area contributed by atoms with Gasteiger partial charge in [0.2, 0.25) is 0 Å². The highest BCUT2D eigenvalue weighted by molar-refractivity contribution is 14.1. The number of ether oxygens (including phenoxy) is 2. The Bertz CT molecular complexity index is 616. The van der Waals surface area contributed by atoms with Crippen molar-refractivity contribution in [2.45, 2.75) is 19.2 Å². The molecule has 0 aliphatic rings. The van der Waals surface area contributed by atoms with Gasteiger partial charge in [0.15, 0.2) is 11.5 Å². The average Bonchev–Trinajstić information content (AvgIpc) is 2.88. The monoisotopic (exact) mass is 456 g/mol. The van der Waals surface area contributed by atoms with E-state index in [1.54, 1.807) is 17.4 Å². The predicted octanol–water partition coefficient (Wildman–Crippen LogP) is 6.13. The Morgan fingerprint density at radius 1 is 1.14 bits per heavy atom. The Balaban J connectivity index is 2.40. The highest BCUT2D eigenvalue weighted by Crippen LogP contribution is 2.41. The fraction of sp³-hybridized carbons (Fsp3) is 0.333. The summed E-state index contributed by atoms with van der Waals surface area (Å²) in [6.07, 6.45) is 0. The quantitative estimate of drug-likeness (QED) is 0.384. The maximum absolute atomic E-state index is 6.57. The standard InChI is InChI=1S/C15H15Cl2IO2S/c1-3-19-12-6-10(11(16)7-13(12)20-4-2)15(17)9-5-14(18)21-8-9/h5-8,15H,3-4H2,1-2H3. The SMILES string of the molecule is CCOc1cc(Cl)c(C(Cl)c2csc(I)c2)cc1OCC. The molecule has 114 valence electrons. The van der Waals surface area contributed by atoms with E-state index in [4.69, 9.17) is 32.7 Å². The molecule has 2 rings (SSSR count). The molecule has 0 aliphatic carbocycles. The first-order valence-corrected chi connectivity index (χ1v) is 9.31. The molecule has 1 atom stereocenters. The first kappa shape index (κ1) is 17.2. The number of hydrogen-bond donors (Lipinski definition) is 0. The summed E-state index contributed by atoms with van der Waals surface area (Å²) in [7, 11) is 0. The third kappa shape index (κ3) is 4.18. The van der Waals surface area contributed by atoms with Gasteiger partial charge in [-0.2, -0.15) is 0 Å². The van der Waals surface area contributed by atoms with Crippen LogP contribution in [0.1, 0.15) is 30.4 Å². The largest absolute Gasteiger partial charge is 0.490 e. The number of benzene rings is 1. The third-order valence-corrected chi connectivity index (χ3v) is 5.44. The van der Waals surface area contributed by atoms with Gasteiger partial charge in [0.25, 0.3) is 0 Å². The molecular formula is C15H15Cl2IO2S. The Morgan fingerprint density at radius 2 is 1.76 bits per heavy atom. The first-order valence-electron chi connectivity index (χ1n) is 6.53. The van der Waals surface area contributed by atoms with Gasteiger partial charge in [-0.1, -0.05) is 11.6 Å². The van der Waals surface area contributed by atoms with E-state index in [0.717, 1.165) is 11.1 Å². The van der Waals surface area contributed by atoms with Crippen molar-refractivity contribution < 1.29 is 9.47 Å². The third-order valence-electron chi connectivity index (χ3n) is 2.82. The van der Waals surface area contributed by atoms with Gasteiger partial charge in [-0.15, -0.1) is 22.9 Å². The molecule has 1 unspecified atom stereocenters. The van der Waals surface area contributed by atoms with Crippen LogP contribution in [0.3, 0.4) is 0 Å². The second-order valence-corrected chi connectivity index (χ2v) is 7.88. The van der Waals surface area contributed by atoms with E-state index < -0.39 is 0 Å². The lowest BCUT2D eigenvalue weighted by Gasteiger charge is -2.16. The van der Waals surface area contributed by atoms with Gasteiger partial charge in [0, 0.05) is 11.1 Å². The van der Waals surface area contributed by atoms with Crippen LogP contribution in [-0.4, -0.2) is 13.2 Å². The summed E-state index contributed by atoms with van der Waals surface area (Å²) in [5.41, 5.74) is 1.87. The molecule has 0 saturated heterocycles. The van der Waals surface area contributed by atoms with Gasteiger partial charge in [-0.25, -0.2) is 0 Å². The lowest BCUT2D eigenvalue weighted by Crippen LogP contribution is -2.01. The zero-order valence-electron chi connectivity index (χ0n) is 11.7. The van der Waals surface area contributed by atoms with Crippen LogP contribution in [-0.2, 0) is 0 Å². The van der Waals surface area contributed by atoms with E-state index in [2.05, 4.69) is 28.7 Å². The van der Waals surface area contributed by atoms with Crippen LogP contribution >= 0.6 is 57.1 Å². The van der Waals surface area contributed by atoms with Crippen molar-refractivity contribution in [3.8, 4) is 11.5 Å². The van der Waals surface area contributed by atoms with Crippen LogP contribution in [0.25, 0.3) is 0 Å². The molecule has 0 saturated carbocycles. The normalized spacial score (nSPS) is 12.2. The minimum Gasteiger partial charge on any atom is -0.490 e. The molecule has 0 spiro atoms. The molecule has 0 amide bonds. The Kier molecular flexibility index (Phi) is 6.47. The maximum atomic E-state index is 6.57. The zero-order valence-corrected chi connectivity index (χ0v) is 16.1. The summed E-state index contributed by atoms with van der Waals surface area (Å²) in [6, 6.07) is 5.72. The van der Waals surface area contributed by atoms with Crippen LogP contribution in [0.5, 0.6) is 11.5 Å². The fourth-order valence-electron chi connectivity index (χ4n) is 1.92. The van der Waals surface area contributed by atoms with Gasteiger partial charge < -0.3 is 9.47 Å². The van der Waals surface area contributed by atoms with Gasteiger partial charge in [-0.3, -0.25) is 0 Å². The van der Waals surface area contributed by atoms with Gasteiger partial charge in [-0.05, 0) is 65.1 Å². The summed E-state index contributed by atoms with van der Waals surface area (Å²) in [6.45, 7) is 4.98. The number of thiophene rings is 1. The molecule has 1 aromatic heterocycles. The van der Waals surface area contributed by atoms with E-state index in [1.165, 1.54) is 2.88 Å². The highest BCUT2D eigenvalue weighted by atomic mass is 127.